The Morgan fingerprint density at radius 3 is 0.978 bits per heavy atom. The summed E-state index contributed by atoms with van der Waals surface area (Å²) in [4.78, 5) is 13.7. The third-order valence-corrected chi connectivity index (χ3v) is 7.21. The van der Waals surface area contributed by atoms with Gasteiger partial charge in [-0.05, 0) is 111 Å². The van der Waals surface area contributed by atoms with Gasteiger partial charge in [0.25, 0.3) is 0 Å². The van der Waals surface area contributed by atoms with Crippen LogP contribution in [0.2, 0.25) is 0 Å². The van der Waals surface area contributed by atoms with Gasteiger partial charge in [0.15, 0.2) is 0 Å². The first-order chi connectivity index (χ1) is 21.6. The molecule has 234 valence electrons. The molecule has 0 unspecified atom stereocenters. The molecule has 0 N–H and O–H groups in total. The Labute approximate surface area is 268 Å². The summed E-state index contributed by atoms with van der Waals surface area (Å²) in [5.74, 6) is 2.01. The van der Waals surface area contributed by atoms with Gasteiger partial charge in [0.2, 0.25) is 0 Å². The summed E-state index contributed by atoms with van der Waals surface area (Å²) in [6.07, 6.45) is 4.78. The lowest BCUT2D eigenvalue weighted by atomic mass is 10.0. The summed E-state index contributed by atoms with van der Waals surface area (Å²) in [5, 5.41) is 0. The number of allylic oxidation sites excluding steroid dienone is 3. The lowest BCUT2D eigenvalue weighted by Crippen LogP contribution is -2.04. The van der Waals surface area contributed by atoms with Crippen molar-refractivity contribution in [3.8, 4) is 35.3 Å². The molecule has 0 saturated heterocycles. The van der Waals surface area contributed by atoms with E-state index >= 15 is 0 Å². The number of nitrogens with zero attached hydrogens (tertiary/aromatic N) is 3. The molecule has 0 bridgehead atoms. The summed E-state index contributed by atoms with van der Waals surface area (Å²) < 4.78 is 18.9. The van der Waals surface area contributed by atoms with Crippen molar-refractivity contribution >= 4 is 0 Å². The lowest BCUT2D eigenvalue weighted by molar-refractivity contribution is 0.358. The van der Waals surface area contributed by atoms with E-state index in [1.165, 1.54) is 16.7 Å². The third-order valence-electron chi connectivity index (χ3n) is 7.21. The minimum Gasteiger partial charge on any atom is -0.424 e. The number of hydrogen-bond donors (Lipinski definition) is 0. The van der Waals surface area contributed by atoms with Crippen LogP contribution in [0.3, 0.4) is 0 Å². The highest BCUT2D eigenvalue weighted by molar-refractivity contribution is 5.43. The van der Waals surface area contributed by atoms with Gasteiger partial charge in [-0.2, -0.15) is 0 Å². The smallest absolute Gasteiger partial charge is 0.331 e. The number of rotatable bonds is 15. The quantitative estimate of drug-likeness (QED) is 0.126. The van der Waals surface area contributed by atoms with Gasteiger partial charge in [0.05, 0.1) is 0 Å². The van der Waals surface area contributed by atoms with Gasteiger partial charge < -0.3 is 14.2 Å². The zero-order chi connectivity index (χ0) is 32.5. The number of aryl methyl sites for hydroxylation is 3. The van der Waals surface area contributed by atoms with E-state index in [1.807, 2.05) is 57.2 Å². The predicted octanol–water partition coefficient (Wildman–Crippen LogP) is 10.3. The average molecular weight is 604 g/mol. The molecule has 0 aliphatic rings. The van der Waals surface area contributed by atoms with Gasteiger partial charge in [0, 0.05) is 0 Å². The minimum atomic E-state index is 0.0891. The van der Waals surface area contributed by atoms with Crippen LogP contribution in [0.4, 0.5) is 0 Å². The molecular weight excluding hydrogens is 558 g/mol. The van der Waals surface area contributed by atoms with Crippen molar-refractivity contribution in [1.29, 1.82) is 0 Å². The highest BCUT2D eigenvalue weighted by Gasteiger charge is 2.17. The molecule has 0 radical (unpaired) electrons. The van der Waals surface area contributed by atoms with Crippen LogP contribution in [0.25, 0.3) is 0 Å². The van der Waals surface area contributed by atoms with Crippen molar-refractivity contribution in [3.63, 3.8) is 0 Å². The fourth-order valence-corrected chi connectivity index (χ4v) is 5.15. The van der Waals surface area contributed by atoms with E-state index in [1.54, 1.807) is 0 Å². The van der Waals surface area contributed by atoms with Crippen LogP contribution in [0.15, 0.2) is 91.1 Å². The number of ether oxygens (including phenoxy) is 3. The van der Waals surface area contributed by atoms with E-state index in [9.17, 15) is 0 Å². The molecule has 0 aliphatic carbocycles. The highest BCUT2D eigenvalue weighted by Crippen LogP contribution is 2.32. The van der Waals surface area contributed by atoms with E-state index in [2.05, 4.69) is 73.7 Å². The molecule has 0 spiro atoms. The fourth-order valence-electron chi connectivity index (χ4n) is 5.15. The Kier molecular flexibility index (Phi) is 11.3. The lowest BCUT2D eigenvalue weighted by Gasteiger charge is -2.15. The Morgan fingerprint density at radius 2 is 0.756 bits per heavy atom. The van der Waals surface area contributed by atoms with Crippen molar-refractivity contribution in [2.75, 3.05) is 0 Å². The van der Waals surface area contributed by atoms with E-state index in [0.29, 0.717) is 17.2 Å². The van der Waals surface area contributed by atoms with Crippen molar-refractivity contribution < 1.29 is 14.2 Å². The molecule has 0 aliphatic heterocycles. The minimum absolute atomic E-state index is 0.0891. The molecule has 0 amide bonds. The normalized spacial score (nSPS) is 10.8. The molecule has 0 saturated carbocycles. The van der Waals surface area contributed by atoms with Crippen LogP contribution in [-0.2, 0) is 38.5 Å². The molecule has 45 heavy (non-hydrogen) atoms. The van der Waals surface area contributed by atoms with E-state index < -0.39 is 0 Å². The number of aromatic nitrogens is 3. The standard InChI is InChI=1S/C39H45N3O3/c1-10-31-22-28(19-25(4)5)13-16-34(31)43-37-40-38(44-35-17-14-29(20-26(6)7)23-32(35)11-2)42-39(41-37)45-36-18-15-30(21-27(8)9)24-33(36)12-3/h13-18,22-24H,4,6,8,10-12,19-21H2,1-3,5,7,9H3. The van der Waals surface area contributed by atoms with Crippen LogP contribution in [-0.4, -0.2) is 15.0 Å². The number of hydrogen-bond acceptors (Lipinski definition) is 6. The summed E-state index contributed by atoms with van der Waals surface area (Å²) in [6, 6.07) is 18.7. The van der Waals surface area contributed by atoms with Gasteiger partial charge >= 0.3 is 18.0 Å². The molecule has 6 heteroatoms. The Morgan fingerprint density at radius 1 is 0.489 bits per heavy atom. The van der Waals surface area contributed by atoms with Crippen LogP contribution >= 0.6 is 0 Å². The topological polar surface area (TPSA) is 66.4 Å². The maximum absolute atomic E-state index is 6.29. The SMILES string of the molecule is C=C(C)Cc1ccc(Oc2nc(Oc3ccc(CC(=C)C)cc3CC)nc(Oc3ccc(CC(=C)C)cc3CC)n2)c(CC)c1. The Hall–Kier alpha value is -4.71. The zero-order valence-electron chi connectivity index (χ0n) is 27.6. The summed E-state index contributed by atoms with van der Waals surface area (Å²) in [5.41, 5.74) is 9.98. The van der Waals surface area contributed by atoms with Crippen LogP contribution in [0.5, 0.6) is 35.3 Å². The number of benzene rings is 3. The molecule has 3 aromatic carbocycles. The molecular formula is C39H45N3O3. The molecule has 1 aromatic heterocycles. The second kappa shape index (κ2) is 15.3. The van der Waals surface area contributed by atoms with E-state index in [4.69, 9.17) is 14.2 Å². The Bertz CT molecular complexity index is 1500. The van der Waals surface area contributed by atoms with Gasteiger partial charge in [-0.25, -0.2) is 0 Å². The maximum Gasteiger partial charge on any atom is 0.331 e. The van der Waals surface area contributed by atoms with Crippen molar-refractivity contribution in [2.45, 2.75) is 80.1 Å². The molecule has 0 fully saturated rings. The summed E-state index contributed by atoms with van der Waals surface area (Å²) >= 11 is 0. The predicted molar refractivity (Wildman–Crippen MR) is 183 cm³/mol. The van der Waals surface area contributed by atoms with Gasteiger partial charge in [-0.3, -0.25) is 0 Å². The van der Waals surface area contributed by atoms with Crippen LogP contribution in [0.1, 0.15) is 74.9 Å². The van der Waals surface area contributed by atoms with Crippen molar-refractivity contribution in [2.24, 2.45) is 0 Å². The van der Waals surface area contributed by atoms with E-state index in [-0.39, 0.29) is 18.0 Å². The van der Waals surface area contributed by atoms with Gasteiger partial charge in [-0.15, -0.1) is 15.0 Å². The Balaban J connectivity index is 1.73. The van der Waals surface area contributed by atoms with Crippen LogP contribution < -0.4 is 14.2 Å². The monoisotopic (exact) mass is 603 g/mol. The van der Waals surface area contributed by atoms with Crippen molar-refractivity contribution in [3.05, 3.63) is 124 Å². The van der Waals surface area contributed by atoms with Crippen LogP contribution in [0, 0.1) is 0 Å². The second-order valence-electron chi connectivity index (χ2n) is 11.8. The average Bonchev–Trinajstić information content (AvgIpc) is 2.98. The zero-order valence-corrected chi connectivity index (χ0v) is 27.6. The highest BCUT2D eigenvalue weighted by atomic mass is 16.5. The summed E-state index contributed by atoms with van der Waals surface area (Å²) in [6.45, 7) is 24.5. The molecule has 6 nitrogen and oxygen atoms in total. The third kappa shape index (κ3) is 9.39. The molecule has 4 aromatic rings. The summed E-state index contributed by atoms with van der Waals surface area (Å²) in [7, 11) is 0. The first-order valence-electron chi connectivity index (χ1n) is 15.6. The molecule has 1 heterocycles. The van der Waals surface area contributed by atoms with Gasteiger partial charge in [0.1, 0.15) is 17.2 Å². The maximum atomic E-state index is 6.29. The molecule has 4 rings (SSSR count). The largest absolute Gasteiger partial charge is 0.424 e. The fraction of sp³-hybridized carbons (Fsp3) is 0.308. The first-order valence-corrected chi connectivity index (χ1v) is 15.6. The van der Waals surface area contributed by atoms with Crippen molar-refractivity contribution in [1.82, 2.24) is 15.0 Å². The van der Waals surface area contributed by atoms with Gasteiger partial charge in [-0.1, -0.05) is 93.6 Å². The molecule has 0 atom stereocenters. The second-order valence-corrected chi connectivity index (χ2v) is 11.8. The first kappa shape index (κ1) is 33.2. The van der Waals surface area contributed by atoms with E-state index in [0.717, 1.165) is 71.9 Å².